The van der Waals surface area contributed by atoms with Crippen LogP contribution >= 0.6 is 11.6 Å². The average Bonchev–Trinajstić information content (AvgIpc) is 3.30. The van der Waals surface area contributed by atoms with Crippen LogP contribution in [0.4, 0.5) is 0 Å². The van der Waals surface area contributed by atoms with Crippen molar-refractivity contribution >= 4 is 23.4 Å². The van der Waals surface area contributed by atoms with Crippen LogP contribution in [0.2, 0.25) is 5.02 Å². The van der Waals surface area contributed by atoms with E-state index in [2.05, 4.69) is 5.32 Å². The minimum atomic E-state index is -0.0799. The first kappa shape index (κ1) is 18.8. The van der Waals surface area contributed by atoms with Crippen molar-refractivity contribution in [3.05, 3.63) is 64.7 Å². The molecule has 3 atom stereocenters. The molecule has 2 fully saturated rings. The number of carbonyl (C=O) groups is 2. The highest BCUT2D eigenvalue weighted by Gasteiger charge is 2.47. The summed E-state index contributed by atoms with van der Waals surface area (Å²) in [5.41, 5.74) is 1.44. The van der Waals surface area contributed by atoms with Crippen LogP contribution < -0.4 is 10.1 Å². The van der Waals surface area contributed by atoms with Crippen molar-refractivity contribution < 1.29 is 14.3 Å². The molecule has 1 saturated carbocycles. The molecule has 1 heterocycles. The van der Waals surface area contributed by atoms with Crippen molar-refractivity contribution in [2.75, 3.05) is 13.7 Å². The molecular weight excluding hydrogens is 376 g/mol. The molecule has 146 valence electrons. The molecule has 6 heteroatoms. The summed E-state index contributed by atoms with van der Waals surface area (Å²) in [6.07, 6.45) is 2.13. The van der Waals surface area contributed by atoms with Gasteiger partial charge in [-0.15, -0.1) is 0 Å². The smallest absolute Gasteiger partial charge is 0.251 e. The molecule has 0 spiro atoms. The normalized spacial score (nSPS) is 22.9. The zero-order valence-corrected chi connectivity index (χ0v) is 16.5. The maximum atomic E-state index is 12.9. The van der Waals surface area contributed by atoms with E-state index >= 15 is 0 Å². The van der Waals surface area contributed by atoms with Gasteiger partial charge in [0.1, 0.15) is 5.75 Å². The largest absolute Gasteiger partial charge is 0.497 e. The van der Waals surface area contributed by atoms with Gasteiger partial charge in [0.15, 0.2) is 0 Å². The quantitative estimate of drug-likeness (QED) is 0.840. The number of carbonyl (C=O) groups excluding carboxylic acids is 2. The summed E-state index contributed by atoms with van der Waals surface area (Å²) < 4.78 is 5.16. The number of hydrogen-bond donors (Lipinski definition) is 1. The summed E-state index contributed by atoms with van der Waals surface area (Å²) in [5.74, 6) is 1.09. The Balaban J connectivity index is 1.42. The molecule has 1 N–H and O–H groups in total. The van der Waals surface area contributed by atoms with E-state index < -0.39 is 0 Å². The molecule has 2 aromatic rings. The molecule has 3 unspecified atom stereocenters. The first-order valence-electron chi connectivity index (χ1n) is 9.53. The number of fused-ring (bicyclic) bond motifs is 2. The molecule has 28 heavy (non-hydrogen) atoms. The predicted octanol–water partition coefficient (Wildman–Crippen LogP) is 3.31. The standard InChI is InChI=1S/C22H23ClN2O3/c1-28-17-8-7-16(18(23)12-17)11-21(26)25-13-14-9-19(20(25)10-14)24-22(27)15-5-3-2-4-6-15/h2-8,12,14,19-20H,9-11,13H2,1H3,(H,24,27). The molecule has 4 rings (SSSR count). The van der Waals surface area contributed by atoms with Crippen LogP contribution in [-0.4, -0.2) is 42.5 Å². The number of amides is 2. The Bertz CT molecular complexity index is 887. The maximum absolute atomic E-state index is 12.9. The van der Waals surface area contributed by atoms with Crippen molar-refractivity contribution in [2.24, 2.45) is 5.92 Å². The van der Waals surface area contributed by atoms with Crippen molar-refractivity contribution in [1.82, 2.24) is 10.2 Å². The Labute approximate surface area is 169 Å². The number of piperidine rings is 1. The minimum absolute atomic E-state index is 0.00162. The second-order valence-corrected chi connectivity index (χ2v) is 7.94. The lowest BCUT2D eigenvalue weighted by atomic mass is 10.0. The Morgan fingerprint density at radius 2 is 1.96 bits per heavy atom. The summed E-state index contributed by atoms with van der Waals surface area (Å²) in [6, 6.07) is 14.6. The van der Waals surface area contributed by atoms with Crippen LogP contribution in [0.5, 0.6) is 5.75 Å². The van der Waals surface area contributed by atoms with Crippen LogP contribution in [0.25, 0.3) is 0 Å². The Hall–Kier alpha value is -2.53. The van der Waals surface area contributed by atoms with Gasteiger partial charge in [-0.2, -0.15) is 0 Å². The molecule has 1 aliphatic carbocycles. The molecular formula is C22H23ClN2O3. The van der Waals surface area contributed by atoms with E-state index in [4.69, 9.17) is 16.3 Å². The topological polar surface area (TPSA) is 58.6 Å². The van der Waals surface area contributed by atoms with Crippen LogP contribution in [0.15, 0.2) is 48.5 Å². The lowest BCUT2D eigenvalue weighted by Gasteiger charge is -2.34. The van der Waals surface area contributed by atoms with Gasteiger partial charge in [-0.05, 0) is 48.6 Å². The van der Waals surface area contributed by atoms with Crippen molar-refractivity contribution in [2.45, 2.75) is 31.3 Å². The SMILES string of the molecule is COc1ccc(CC(=O)N2CC3CC(NC(=O)c4ccccc4)C2C3)c(Cl)c1. The van der Waals surface area contributed by atoms with Gasteiger partial charge >= 0.3 is 0 Å². The molecule has 2 amide bonds. The zero-order chi connectivity index (χ0) is 19.7. The van der Waals surface area contributed by atoms with E-state index in [1.807, 2.05) is 35.2 Å². The highest BCUT2D eigenvalue weighted by Crippen LogP contribution is 2.38. The molecule has 1 aliphatic heterocycles. The monoisotopic (exact) mass is 398 g/mol. The average molecular weight is 399 g/mol. The summed E-state index contributed by atoms with van der Waals surface area (Å²) in [7, 11) is 1.58. The Morgan fingerprint density at radius 1 is 1.18 bits per heavy atom. The first-order valence-corrected chi connectivity index (χ1v) is 9.90. The third-order valence-corrected chi connectivity index (χ3v) is 6.11. The van der Waals surface area contributed by atoms with Gasteiger partial charge in [-0.1, -0.05) is 35.9 Å². The molecule has 0 radical (unpaired) electrons. The van der Waals surface area contributed by atoms with E-state index in [1.54, 1.807) is 25.3 Å². The number of hydrogen-bond acceptors (Lipinski definition) is 3. The number of methoxy groups -OCH3 is 1. The highest BCUT2D eigenvalue weighted by atomic mass is 35.5. The molecule has 2 aliphatic rings. The molecule has 2 aromatic carbocycles. The fourth-order valence-electron chi connectivity index (χ4n) is 4.37. The van der Waals surface area contributed by atoms with Gasteiger partial charge in [0.25, 0.3) is 5.91 Å². The van der Waals surface area contributed by atoms with Gasteiger partial charge < -0.3 is 15.0 Å². The van der Waals surface area contributed by atoms with Crippen molar-refractivity contribution in [3.8, 4) is 5.75 Å². The minimum Gasteiger partial charge on any atom is -0.497 e. The first-order chi connectivity index (χ1) is 13.5. The van der Waals surface area contributed by atoms with Crippen LogP contribution in [0, 0.1) is 5.92 Å². The zero-order valence-electron chi connectivity index (χ0n) is 15.7. The van der Waals surface area contributed by atoms with E-state index in [-0.39, 0.29) is 30.3 Å². The lowest BCUT2D eigenvalue weighted by molar-refractivity contribution is -0.132. The van der Waals surface area contributed by atoms with Crippen molar-refractivity contribution in [1.29, 1.82) is 0 Å². The number of ether oxygens (including phenoxy) is 1. The van der Waals surface area contributed by atoms with E-state index in [0.717, 1.165) is 24.9 Å². The second-order valence-electron chi connectivity index (χ2n) is 7.53. The van der Waals surface area contributed by atoms with Gasteiger partial charge in [0.05, 0.1) is 19.6 Å². The van der Waals surface area contributed by atoms with Gasteiger partial charge in [0, 0.05) is 23.2 Å². The number of nitrogens with zero attached hydrogens (tertiary/aromatic N) is 1. The maximum Gasteiger partial charge on any atom is 0.251 e. The Kier molecular flexibility index (Phi) is 5.27. The number of halogens is 1. The van der Waals surface area contributed by atoms with E-state index in [1.165, 1.54) is 0 Å². The number of benzene rings is 2. The summed E-state index contributed by atoms with van der Waals surface area (Å²) in [4.78, 5) is 27.4. The Morgan fingerprint density at radius 3 is 2.64 bits per heavy atom. The van der Waals surface area contributed by atoms with Crippen LogP contribution in [-0.2, 0) is 11.2 Å². The predicted molar refractivity (Wildman–Crippen MR) is 108 cm³/mol. The molecule has 2 bridgehead atoms. The molecule has 0 aromatic heterocycles. The number of rotatable bonds is 5. The van der Waals surface area contributed by atoms with Gasteiger partial charge in [0.2, 0.25) is 5.91 Å². The second kappa shape index (κ2) is 7.84. The van der Waals surface area contributed by atoms with Crippen molar-refractivity contribution in [3.63, 3.8) is 0 Å². The molecule has 1 saturated heterocycles. The van der Waals surface area contributed by atoms with Gasteiger partial charge in [-0.3, -0.25) is 9.59 Å². The van der Waals surface area contributed by atoms with E-state index in [0.29, 0.717) is 22.3 Å². The van der Waals surface area contributed by atoms with Crippen LogP contribution in [0.3, 0.4) is 0 Å². The summed E-state index contributed by atoms with van der Waals surface area (Å²) in [5, 5.41) is 3.66. The summed E-state index contributed by atoms with van der Waals surface area (Å²) in [6.45, 7) is 0.759. The number of nitrogens with one attached hydrogen (secondary N) is 1. The lowest BCUT2D eigenvalue weighted by Crippen LogP contribution is -2.52. The third-order valence-electron chi connectivity index (χ3n) is 5.76. The highest BCUT2D eigenvalue weighted by molar-refractivity contribution is 6.31. The fourth-order valence-corrected chi connectivity index (χ4v) is 4.61. The van der Waals surface area contributed by atoms with E-state index in [9.17, 15) is 9.59 Å². The number of likely N-dealkylation sites (tertiary alicyclic amines) is 1. The third kappa shape index (κ3) is 3.72. The van der Waals surface area contributed by atoms with Crippen LogP contribution in [0.1, 0.15) is 28.8 Å². The van der Waals surface area contributed by atoms with Gasteiger partial charge in [-0.25, -0.2) is 0 Å². The summed E-state index contributed by atoms with van der Waals surface area (Å²) >= 11 is 6.30. The fraction of sp³-hybridized carbons (Fsp3) is 0.364. The molecule has 5 nitrogen and oxygen atoms in total.